The normalized spacial score (nSPS) is 18.8. The highest BCUT2D eigenvalue weighted by Crippen LogP contribution is 2.35. The molecule has 5 aromatic rings. The maximum Gasteiger partial charge on any atom is 0.320 e. The van der Waals surface area contributed by atoms with E-state index in [4.69, 9.17) is 4.98 Å². The highest BCUT2D eigenvalue weighted by Gasteiger charge is 2.31. The molecule has 2 aliphatic heterocycles. The molecule has 0 radical (unpaired) electrons. The number of carbonyl (C=O) groups is 3. The van der Waals surface area contributed by atoms with Gasteiger partial charge in [-0.3, -0.25) is 28.8 Å². The minimum Gasteiger partial charge on any atom is -0.480 e. The molecule has 2 aromatic carbocycles. The number of fused-ring (bicyclic) bond motifs is 1. The van der Waals surface area contributed by atoms with Crippen molar-refractivity contribution >= 4 is 57.1 Å². The summed E-state index contributed by atoms with van der Waals surface area (Å²) in [5, 5.41) is 24.7. The molecule has 2 aliphatic rings. The quantitative estimate of drug-likeness (QED) is 0.140. The molecule has 3 N–H and O–H groups in total. The standard InChI is InChI=1S/C37H40N6O5S2/c1-22-31(20-41-16-5-3-12-29(41)35(45)46)49-34(38-22)33(44)40-25-10-7-9-24(19-25)26-11-8-14-28-27(26)15-18-43(28)37-39-23(2)32(50-37)21-42-17-6-4-13-30(42)36(47)48/h7-11,14-15,18-19,29-30H,3-6,12-13,16-17,20-21H2,1-2H3,(H,40,44)(H,45,46)(H,47,48)/t29-,30-/m0/s1. The number of thiazole rings is 2. The number of carboxylic acids is 2. The average Bonchev–Trinajstić information content (AvgIpc) is 3.81. The van der Waals surface area contributed by atoms with Crippen molar-refractivity contribution in [3.8, 4) is 16.3 Å². The summed E-state index contributed by atoms with van der Waals surface area (Å²) in [7, 11) is 0. The van der Waals surface area contributed by atoms with Gasteiger partial charge in [-0.25, -0.2) is 9.97 Å². The Labute approximate surface area is 298 Å². The van der Waals surface area contributed by atoms with Crippen molar-refractivity contribution in [2.24, 2.45) is 0 Å². The second-order valence-corrected chi connectivity index (χ2v) is 15.3. The van der Waals surface area contributed by atoms with Gasteiger partial charge in [0.15, 0.2) is 10.1 Å². The Kier molecular flexibility index (Phi) is 9.82. The second-order valence-electron chi connectivity index (χ2n) is 13.1. The van der Waals surface area contributed by atoms with E-state index in [9.17, 15) is 24.6 Å². The number of benzene rings is 2. The monoisotopic (exact) mass is 712 g/mol. The summed E-state index contributed by atoms with van der Waals surface area (Å²) >= 11 is 2.91. The van der Waals surface area contributed by atoms with E-state index >= 15 is 0 Å². The molecule has 0 bridgehead atoms. The molecule has 50 heavy (non-hydrogen) atoms. The number of nitrogens with one attached hydrogen (secondary N) is 1. The molecular formula is C37H40N6O5S2. The lowest BCUT2D eigenvalue weighted by molar-refractivity contribution is -0.145. The van der Waals surface area contributed by atoms with Crippen LogP contribution in [-0.4, -0.2) is 77.6 Å². The first-order valence-electron chi connectivity index (χ1n) is 17.0. The summed E-state index contributed by atoms with van der Waals surface area (Å²) in [6.45, 7) is 6.40. The van der Waals surface area contributed by atoms with Crippen LogP contribution < -0.4 is 5.32 Å². The van der Waals surface area contributed by atoms with Gasteiger partial charge in [-0.15, -0.1) is 11.3 Å². The highest BCUT2D eigenvalue weighted by molar-refractivity contribution is 7.14. The molecule has 7 rings (SSSR count). The fraction of sp³-hybridized carbons (Fsp3) is 0.378. The number of carbonyl (C=O) groups excluding carboxylic acids is 1. The van der Waals surface area contributed by atoms with Crippen LogP contribution in [0.3, 0.4) is 0 Å². The number of rotatable bonds is 10. The Morgan fingerprint density at radius 2 is 1.46 bits per heavy atom. The van der Waals surface area contributed by atoms with Gasteiger partial charge in [-0.1, -0.05) is 48.4 Å². The topological polar surface area (TPSA) is 141 Å². The van der Waals surface area contributed by atoms with Crippen molar-refractivity contribution < 1.29 is 24.6 Å². The molecule has 260 valence electrons. The number of aryl methyl sites for hydroxylation is 2. The van der Waals surface area contributed by atoms with Gasteiger partial charge in [0.1, 0.15) is 12.1 Å². The van der Waals surface area contributed by atoms with Crippen molar-refractivity contribution in [3.63, 3.8) is 0 Å². The number of nitrogens with zero attached hydrogens (tertiary/aromatic N) is 5. The number of likely N-dealkylation sites (tertiary alicyclic amines) is 2. The zero-order chi connectivity index (χ0) is 34.9. The van der Waals surface area contributed by atoms with E-state index < -0.39 is 24.0 Å². The first-order valence-corrected chi connectivity index (χ1v) is 18.7. The van der Waals surface area contributed by atoms with Crippen LogP contribution in [0.5, 0.6) is 0 Å². The highest BCUT2D eigenvalue weighted by atomic mass is 32.1. The molecule has 0 aliphatic carbocycles. The molecule has 2 saturated heterocycles. The summed E-state index contributed by atoms with van der Waals surface area (Å²) in [4.78, 5) is 52.5. The number of hydrogen-bond donors (Lipinski definition) is 3. The van der Waals surface area contributed by atoms with Crippen LogP contribution in [-0.2, 0) is 22.7 Å². The zero-order valence-corrected chi connectivity index (χ0v) is 29.7. The molecule has 11 nitrogen and oxygen atoms in total. The van der Waals surface area contributed by atoms with Gasteiger partial charge in [-0.05, 0) is 88.0 Å². The number of carboxylic acid groups (broad SMARTS) is 2. The second kappa shape index (κ2) is 14.4. The smallest absolute Gasteiger partial charge is 0.320 e. The minimum atomic E-state index is -0.801. The van der Waals surface area contributed by atoms with E-state index in [-0.39, 0.29) is 5.91 Å². The fourth-order valence-electron chi connectivity index (χ4n) is 7.16. The fourth-order valence-corrected chi connectivity index (χ4v) is 9.23. The first kappa shape index (κ1) is 34.0. The lowest BCUT2D eigenvalue weighted by Crippen LogP contribution is -2.43. The van der Waals surface area contributed by atoms with Crippen LogP contribution in [0.2, 0.25) is 0 Å². The number of aromatic nitrogens is 3. The van der Waals surface area contributed by atoms with Gasteiger partial charge in [0.05, 0.1) is 16.9 Å². The molecule has 5 heterocycles. The van der Waals surface area contributed by atoms with Crippen LogP contribution in [0.15, 0.2) is 54.7 Å². The maximum atomic E-state index is 13.4. The van der Waals surface area contributed by atoms with Gasteiger partial charge in [0, 0.05) is 40.1 Å². The first-order chi connectivity index (χ1) is 24.2. The Balaban J connectivity index is 1.09. The molecule has 2 fully saturated rings. The summed E-state index contributed by atoms with van der Waals surface area (Å²) < 4.78 is 2.08. The van der Waals surface area contributed by atoms with Crippen LogP contribution in [0.4, 0.5) is 5.69 Å². The summed E-state index contributed by atoms with van der Waals surface area (Å²) in [5.74, 6) is -1.86. The minimum absolute atomic E-state index is 0.298. The molecule has 0 unspecified atom stereocenters. The maximum absolute atomic E-state index is 13.4. The van der Waals surface area contributed by atoms with Gasteiger partial charge in [-0.2, -0.15) is 0 Å². The SMILES string of the molecule is Cc1nc(C(=O)Nc2cccc(-c3cccc4c3ccn4-c3nc(C)c(CN4CCCC[C@H]4C(=O)O)s3)c2)sc1CN1CCCC[C@H]1C(=O)O. The van der Waals surface area contributed by atoms with E-state index in [2.05, 4.69) is 38.0 Å². The largest absolute Gasteiger partial charge is 0.480 e. The Bertz CT molecular complexity index is 2070. The molecule has 3 aromatic heterocycles. The number of anilines is 1. The van der Waals surface area contributed by atoms with E-state index in [1.54, 1.807) is 11.3 Å². The van der Waals surface area contributed by atoms with Crippen LogP contribution in [0.25, 0.3) is 27.2 Å². The average molecular weight is 713 g/mol. The van der Waals surface area contributed by atoms with Crippen molar-refractivity contribution in [2.75, 3.05) is 18.4 Å². The van der Waals surface area contributed by atoms with Crippen LogP contribution in [0, 0.1) is 13.8 Å². The van der Waals surface area contributed by atoms with E-state index in [0.29, 0.717) is 36.6 Å². The number of piperidine rings is 2. The van der Waals surface area contributed by atoms with Crippen molar-refractivity contribution in [1.29, 1.82) is 0 Å². The molecule has 0 spiro atoms. The summed E-state index contributed by atoms with van der Waals surface area (Å²) in [5.41, 5.74) is 5.29. The van der Waals surface area contributed by atoms with Gasteiger partial charge in [0.25, 0.3) is 5.91 Å². The predicted octanol–water partition coefficient (Wildman–Crippen LogP) is 6.96. The van der Waals surface area contributed by atoms with Gasteiger partial charge < -0.3 is 15.5 Å². The number of amides is 1. The van der Waals surface area contributed by atoms with Gasteiger partial charge in [0.2, 0.25) is 0 Å². The number of hydrogen-bond acceptors (Lipinski definition) is 9. The Morgan fingerprint density at radius 1 is 0.820 bits per heavy atom. The molecule has 1 amide bonds. The third-order valence-corrected chi connectivity index (χ3v) is 12.1. The third-order valence-electron chi connectivity index (χ3n) is 9.83. The molecular weight excluding hydrogens is 673 g/mol. The molecule has 2 atom stereocenters. The van der Waals surface area contributed by atoms with E-state index in [1.165, 1.54) is 11.3 Å². The zero-order valence-electron chi connectivity index (χ0n) is 28.1. The van der Waals surface area contributed by atoms with Gasteiger partial charge >= 0.3 is 11.9 Å². The summed E-state index contributed by atoms with van der Waals surface area (Å²) in [6.07, 6.45) is 7.15. The van der Waals surface area contributed by atoms with E-state index in [0.717, 1.165) is 87.1 Å². The summed E-state index contributed by atoms with van der Waals surface area (Å²) in [6, 6.07) is 15.0. The number of aliphatic carboxylic acids is 2. The van der Waals surface area contributed by atoms with Crippen LogP contribution >= 0.6 is 22.7 Å². The predicted molar refractivity (Wildman–Crippen MR) is 195 cm³/mol. The van der Waals surface area contributed by atoms with Crippen LogP contribution in [0.1, 0.15) is 69.5 Å². The molecule has 0 saturated carbocycles. The Morgan fingerprint density at radius 3 is 2.14 bits per heavy atom. The molecule has 13 heteroatoms. The van der Waals surface area contributed by atoms with Crippen molar-refractivity contribution in [2.45, 2.75) is 77.5 Å². The van der Waals surface area contributed by atoms with Crippen molar-refractivity contribution in [3.05, 3.63) is 80.9 Å². The van der Waals surface area contributed by atoms with E-state index in [1.807, 2.05) is 55.3 Å². The Hall–Kier alpha value is -4.43. The lowest BCUT2D eigenvalue weighted by atomic mass is 10.0. The van der Waals surface area contributed by atoms with Crippen molar-refractivity contribution in [1.82, 2.24) is 24.3 Å². The lowest BCUT2D eigenvalue weighted by Gasteiger charge is -2.32. The third kappa shape index (κ3) is 6.95.